The number of carbonyl (C=O) groups is 2. The van der Waals surface area contributed by atoms with Crippen LogP contribution in [-0.2, 0) is 19.1 Å². The number of benzene rings is 3. The second-order valence-corrected chi connectivity index (χ2v) is 7.04. The average Bonchev–Trinajstić information content (AvgIpc) is 2.84. The SMILES string of the molecule is CCOC(=O)CNc1ccc(Oc2cccc(Oc3ccc(NCC(=O)OCC)cc3)c2)cc1. The van der Waals surface area contributed by atoms with E-state index in [0.717, 1.165) is 11.4 Å². The molecule has 0 aliphatic carbocycles. The van der Waals surface area contributed by atoms with E-state index in [2.05, 4.69) is 10.6 Å². The lowest BCUT2D eigenvalue weighted by molar-refractivity contribution is -0.141. The topological polar surface area (TPSA) is 95.1 Å². The average molecular weight is 465 g/mol. The molecule has 0 aliphatic heterocycles. The van der Waals surface area contributed by atoms with Crippen LogP contribution in [0, 0.1) is 0 Å². The standard InChI is InChI=1S/C26H28N2O6/c1-3-31-25(29)17-27-19-8-12-21(13-9-19)33-23-6-5-7-24(16-23)34-22-14-10-20(11-15-22)28-18-26(30)32-4-2/h5-16,27-28H,3-4,17-18H2,1-2H3. The van der Waals surface area contributed by atoms with Crippen molar-refractivity contribution in [1.29, 1.82) is 0 Å². The molecule has 0 bridgehead atoms. The van der Waals surface area contributed by atoms with Crippen molar-refractivity contribution in [2.75, 3.05) is 36.9 Å². The Morgan fingerprint density at radius 3 is 1.41 bits per heavy atom. The molecule has 0 aliphatic rings. The number of carbonyl (C=O) groups excluding carboxylic acids is 2. The van der Waals surface area contributed by atoms with Gasteiger partial charge in [0.05, 0.1) is 13.2 Å². The van der Waals surface area contributed by atoms with Crippen molar-refractivity contribution >= 4 is 23.3 Å². The zero-order valence-corrected chi connectivity index (χ0v) is 19.2. The first-order valence-corrected chi connectivity index (χ1v) is 11.0. The van der Waals surface area contributed by atoms with Gasteiger partial charge in [-0.2, -0.15) is 0 Å². The van der Waals surface area contributed by atoms with Crippen LogP contribution in [0.3, 0.4) is 0 Å². The summed E-state index contributed by atoms with van der Waals surface area (Å²) in [7, 11) is 0. The molecule has 8 nitrogen and oxygen atoms in total. The minimum atomic E-state index is -0.304. The molecule has 178 valence electrons. The van der Waals surface area contributed by atoms with Gasteiger partial charge < -0.3 is 29.6 Å². The van der Waals surface area contributed by atoms with Gasteiger partial charge in [0.1, 0.15) is 36.1 Å². The van der Waals surface area contributed by atoms with E-state index in [1.807, 2.05) is 66.7 Å². The van der Waals surface area contributed by atoms with Crippen molar-refractivity contribution in [3.05, 3.63) is 72.8 Å². The van der Waals surface area contributed by atoms with Gasteiger partial charge in [0.15, 0.2) is 0 Å². The first-order chi connectivity index (χ1) is 16.6. The highest BCUT2D eigenvalue weighted by molar-refractivity contribution is 5.75. The molecule has 0 spiro atoms. The smallest absolute Gasteiger partial charge is 0.325 e. The van der Waals surface area contributed by atoms with Gasteiger partial charge in [-0.05, 0) is 74.5 Å². The molecule has 0 heterocycles. The molecule has 0 saturated carbocycles. The zero-order valence-electron chi connectivity index (χ0n) is 19.2. The van der Waals surface area contributed by atoms with Crippen LogP contribution in [-0.4, -0.2) is 38.2 Å². The maximum Gasteiger partial charge on any atom is 0.325 e. The number of ether oxygens (including phenoxy) is 4. The molecular formula is C26H28N2O6. The highest BCUT2D eigenvalue weighted by atomic mass is 16.5. The van der Waals surface area contributed by atoms with Crippen molar-refractivity contribution in [3.8, 4) is 23.0 Å². The Bertz CT molecular complexity index is 985. The van der Waals surface area contributed by atoms with Gasteiger partial charge in [0, 0.05) is 17.4 Å². The molecule has 3 aromatic carbocycles. The lowest BCUT2D eigenvalue weighted by Crippen LogP contribution is -2.16. The monoisotopic (exact) mass is 464 g/mol. The molecule has 0 fully saturated rings. The van der Waals surface area contributed by atoms with Gasteiger partial charge in [-0.1, -0.05) is 6.07 Å². The summed E-state index contributed by atoms with van der Waals surface area (Å²) in [5.41, 5.74) is 1.58. The summed E-state index contributed by atoms with van der Waals surface area (Å²) < 4.78 is 21.6. The van der Waals surface area contributed by atoms with Gasteiger partial charge in [-0.25, -0.2) is 0 Å². The Morgan fingerprint density at radius 2 is 1.03 bits per heavy atom. The van der Waals surface area contributed by atoms with E-state index in [9.17, 15) is 9.59 Å². The lowest BCUT2D eigenvalue weighted by atomic mass is 10.2. The molecule has 3 rings (SSSR count). The van der Waals surface area contributed by atoms with E-state index in [1.165, 1.54) is 0 Å². The first kappa shape index (κ1) is 24.4. The fourth-order valence-electron chi connectivity index (χ4n) is 2.93. The Kier molecular flexibility index (Phi) is 9.16. The van der Waals surface area contributed by atoms with Gasteiger partial charge >= 0.3 is 11.9 Å². The summed E-state index contributed by atoms with van der Waals surface area (Å²) in [4.78, 5) is 22.9. The predicted octanol–water partition coefficient (Wildman–Crippen LogP) is 5.22. The van der Waals surface area contributed by atoms with E-state index in [1.54, 1.807) is 19.9 Å². The largest absolute Gasteiger partial charge is 0.465 e. The fraction of sp³-hybridized carbons (Fsp3) is 0.231. The fourth-order valence-corrected chi connectivity index (χ4v) is 2.93. The molecule has 34 heavy (non-hydrogen) atoms. The minimum Gasteiger partial charge on any atom is -0.465 e. The predicted molar refractivity (Wildman–Crippen MR) is 130 cm³/mol. The molecule has 2 N–H and O–H groups in total. The van der Waals surface area contributed by atoms with Crippen LogP contribution in [0.25, 0.3) is 0 Å². The van der Waals surface area contributed by atoms with Crippen LogP contribution in [0.15, 0.2) is 72.8 Å². The Labute approximate surface area is 198 Å². The summed E-state index contributed by atoms with van der Waals surface area (Å²) >= 11 is 0. The van der Waals surface area contributed by atoms with Crippen LogP contribution in [0.5, 0.6) is 23.0 Å². The Balaban J connectivity index is 1.52. The van der Waals surface area contributed by atoms with Crippen molar-refractivity contribution < 1.29 is 28.5 Å². The van der Waals surface area contributed by atoms with Crippen LogP contribution in [0.1, 0.15) is 13.8 Å². The van der Waals surface area contributed by atoms with E-state index < -0.39 is 0 Å². The van der Waals surface area contributed by atoms with E-state index in [-0.39, 0.29) is 25.0 Å². The molecule has 0 radical (unpaired) electrons. The maximum atomic E-state index is 11.4. The molecule has 0 amide bonds. The minimum absolute atomic E-state index is 0.107. The third-order valence-corrected chi connectivity index (χ3v) is 4.47. The van der Waals surface area contributed by atoms with Crippen molar-refractivity contribution in [2.24, 2.45) is 0 Å². The van der Waals surface area contributed by atoms with Gasteiger partial charge in [-0.15, -0.1) is 0 Å². The van der Waals surface area contributed by atoms with Crippen molar-refractivity contribution in [1.82, 2.24) is 0 Å². The first-order valence-electron chi connectivity index (χ1n) is 11.0. The number of hydrogen-bond donors (Lipinski definition) is 2. The number of rotatable bonds is 12. The molecule has 0 atom stereocenters. The summed E-state index contributed by atoms with van der Waals surface area (Å²) in [6.07, 6.45) is 0. The van der Waals surface area contributed by atoms with Crippen LogP contribution in [0.4, 0.5) is 11.4 Å². The molecule has 0 unspecified atom stereocenters. The molecule has 0 saturated heterocycles. The Morgan fingerprint density at radius 1 is 0.618 bits per heavy atom. The summed E-state index contributed by atoms with van der Waals surface area (Å²) in [6, 6.07) is 21.8. The maximum absolute atomic E-state index is 11.4. The molecule has 3 aromatic rings. The van der Waals surface area contributed by atoms with Gasteiger partial charge in [-0.3, -0.25) is 9.59 Å². The highest BCUT2D eigenvalue weighted by Gasteiger charge is 2.05. The van der Waals surface area contributed by atoms with Crippen LogP contribution >= 0.6 is 0 Å². The summed E-state index contributed by atoms with van der Waals surface area (Å²) in [5.74, 6) is 1.94. The van der Waals surface area contributed by atoms with E-state index in [4.69, 9.17) is 18.9 Å². The third-order valence-electron chi connectivity index (χ3n) is 4.47. The van der Waals surface area contributed by atoms with Crippen molar-refractivity contribution in [3.63, 3.8) is 0 Å². The zero-order chi connectivity index (χ0) is 24.2. The molecule has 0 aromatic heterocycles. The molecular weight excluding hydrogens is 436 g/mol. The van der Waals surface area contributed by atoms with Crippen LogP contribution in [0.2, 0.25) is 0 Å². The number of esters is 2. The van der Waals surface area contributed by atoms with Gasteiger partial charge in [0.25, 0.3) is 0 Å². The second kappa shape index (κ2) is 12.7. The van der Waals surface area contributed by atoms with Crippen LogP contribution < -0.4 is 20.1 Å². The normalized spacial score (nSPS) is 10.2. The Hall–Kier alpha value is -4.20. The second-order valence-electron chi connectivity index (χ2n) is 7.04. The third kappa shape index (κ3) is 8.05. The number of nitrogens with one attached hydrogen (secondary N) is 2. The molecule has 8 heteroatoms. The van der Waals surface area contributed by atoms with E-state index in [0.29, 0.717) is 36.2 Å². The highest BCUT2D eigenvalue weighted by Crippen LogP contribution is 2.29. The summed E-state index contributed by atoms with van der Waals surface area (Å²) in [5, 5.41) is 6.00. The van der Waals surface area contributed by atoms with Gasteiger partial charge in [0.2, 0.25) is 0 Å². The lowest BCUT2D eigenvalue weighted by Gasteiger charge is -2.11. The van der Waals surface area contributed by atoms with E-state index >= 15 is 0 Å². The number of hydrogen-bond acceptors (Lipinski definition) is 8. The number of anilines is 2. The summed E-state index contributed by atoms with van der Waals surface area (Å²) in [6.45, 7) is 4.47. The van der Waals surface area contributed by atoms with Crippen molar-refractivity contribution in [2.45, 2.75) is 13.8 Å². The quantitative estimate of drug-likeness (QED) is 0.352.